The number of methoxy groups -OCH3 is 1. The number of ether oxygens (including phenoxy) is 1. The maximum Gasteiger partial charge on any atom is 0.230 e. The van der Waals surface area contributed by atoms with Crippen molar-refractivity contribution >= 4 is 5.91 Å². The van der Waals surface area contributed by atoms with Gasteiger partial charge in [-0.3, -0.25) is 4.79 Å². The van der Waals surface area contributed by atoms with Crippen LogP contribution in [0, 0.1) is 5.41 Å². The number of carbonyl (C=O) groups excluding carboxylic acids is 1. The van der Waals surface area contributed by atoms with E-state index in [2.05, 4.69) is 34.9 Å². The molecule has 2 atom stereocenters. The van der Waals surface area contributed by atoms with Crippen LogP contribution < -0.4 is 10.6 Å². The molecule has 1 heterocycles. The molecule has 1 aliphatic carbocycles. The molecule has 1 fully saturated rings. The lowest BCUT2D eigenvalue weighted by molar-refractivity contribution is -0.133. The van der Waals surface area contributed by atoms with Crippen molar-refractivity contribution in [3.8, 4) is 0 Å². The van der Waals surface area contributed by atoms with Crippen molar-refractivity contribution in [3.05, 3.63) is 35.4 Å². The van der Waals surface area contributed by atoms with Crippen molar-refractivity contribution in [3.63, 3.8) is 0 Å². The highest BCUT2D eigenvalue weighted by molar-refractivity contribution is 5.84. The number of aryl methyl sites for hydroxylation is 1. The molecule has 21 heavy (non-hydrogen) atoms. The van der Waals surface area contributed by atoms with Crippen molar-refractivity contribution in [1.82, 2.24) is 10.6 Å². The minimum Gasteiger partial charge on any atom is -0.384 e. The number of amides is 1. The molecule has 1 amide bonds. The summed E-state index contributed by atoms with van der Waals surface area (Å²) >= 11 is 0. The van der Waals surface area contributed by atoms with Crippen LogP contribution in [-0.2, 0) is 16.0 Å². The van der Waals surface area contributed by atoms with Gasteiger partial charge >= 0.3 is 0 Å². The molecular formula is C17H24N2O2. The number of nitrogens with one attached hydrogen (secondary N) is 2. The minimum absolute atomic E-state index is 0.135. The van der Waals surface area contributed by atoms with E-state index < -0.39 is 5.41 Å². The average Bonchev–Trinajstić information content (AvgIpc) is 2.98. The zero-order valence-corrected chi connectivity index (χ0v) is 12.7. The van der Waals surface area contributed by atoms with Gasteiger partial charge in [0.25, 0.3) is 0 Å². The molecule has 0 spiro atoms. The van der Waals surface area contributed by atoms with E-state index in [9.17, 15) is 4.79 Å². The van der Waals surface area contributed by atoms with Crippen LogP contribution in [0.5, 0.6) is 0 Å². The molecule has 1 aromatic carbocycles. The Hall–Kier alpha value is -1.39. The second kappa shape index (κ2) is 6.16. The third-order valence-corrected chi connectivity index (χ3v) is 4.82. The van der Waals surface area contributed by atoms with Crippen LogP contribution in [-0.4, -0.2) is 32.7 Å². The fourth-order valence-corrected chi connectivity index (χ4v) is 3.62. The van der Waals surface area contributed by atoms with Crippen LogP contribution >= 0.6 is 0 Å². The number of hydrogen-bond acceptors (Lipinski definition) is 3. The van der Waals surface area contributed by atoms with Gasteiger partial charge in [-0.2, -0.15) is 0 Å². The summed E-state index contributed by atoms with van der Waals surface area (Å²) in [6, 6.07) is 8.61. The summed E-state index contributed by atoms with van der Waals surface area (Å²) in [6.45, 7) is 2.08. The van der Waals surface area contributed by atoms with Gasteiger partial charge in [-0.05, 0) is 43.4 Å². The molecule has 1 aromatic rings. The number of carbonyl (C=O) groups is 1. The lowest BCUT2D eigenvalue weighted by Gasteiger charge is -2.32. The van der Waals surface area contributed by atoms with Gasteiger partial charge in [-0.25, -0.2) is 0 Å². The summed E-state index contributed by atoms with van der Waals surface area (Å²) in [5.41, 5.74) is 2.26. The van der Waals surface area contributed by atoms with Gasteiger partial charge in [0.15, 0.2) is 0 Å². The zero-order valence-electron chi connectivity index (χ0n) is 12.7. The first-order valence-corrected chi connectivity index (χ1v) is 7.84. The lowest BCUT2D eigenvalue weighted by atomic mass is 9.84. The quantitative estimate of drug-likeness (QED) is 0.888. The van der Waals surface area contributed by atoms with E-state index in [0.29, 0.717) is 13.2 Å². The van der Waals surface area contributed by atoms with Gasteiger partial charge in [0.2, 0.25) is 5.91 Å². The molecule has 0 bridgehead atoms. The summed E-state index contributed by atoms with van der Waals surface area (Å²) in [4.78, 5) is 12.8. The molecule has 3 rings (SSSR count). The smallest absolute Gasteiger partial charge is 0.230 e. The molecule has 4 nitrogen and oxygen atoms in total. The maximum absolute atomic E-state index is 12.8. The van der Waals surface area contributed by atoms with E-state index in [0.717, 1.165) is 32.2 Å². The summed E-state index contributed by atoms with van der Waals surface area (Å²) in [7, 11) is 1.67. The predicted octanol–water partition coefficient (Wildman–Crippen LogP) is 1.81. The van der Waals surface area contributed by atoms with Crippen LogP contribution in [0.15, 0.2) is 24.3 Å². The van der Waals surface area contributed by atoms with Gasteiger partial charge in [-0.1, -0.05) is 24.3 Å². The molecule has 4 heteroatoms. The van der Waals surface area contributed by atoms with Gasteiger partial charge in [0.05, 0.1) is 18.1 Å². The van der Waals surface area contributed by atoms with E-state index in [4.69, 9.17) is 4.74 Å². The second-order valence-corrected chi connectivity index (χ2v) is 6.26. The molecule has 114 valence electrons. The Morgan fingerprint density at radius 2 is 2.33 bits per heavy atom. The summed E-state index contributed by atoms with van der Waals surface area (Å²) < 4.78 is 5.31. The first-order valence-electron chi connectivity index (χ1n) is 7.84. The monoisotopic (exact) mass is 288 g/mol. The SMILES string of the molecule is COCC1(C(=O)NC2CCCc3ccccc32)CCNC1. The van der Waals surface area contributed by atoms with Gasteiger partial charge in [0, 0.05) is 13.7 Å². The molecule has 0 saturated carbocycles. The van der Waals surface area contributed by atoms with E-state index in [1.54, 1.807) is 7.11 Å². The van der Waals surface area contributed by atoms with Crippen LogP contribution in [0.25, 0.3) is 0 Å². The Labute approximate surface area is 126 Å². The highest BCUT2D eigenvalue weighted by Gasteiger charge is 2.42. The molecule has 0 radical (unpaired) electrons. The third-order valence-electron chi connectivity index (χ3n) is 4.82. The summed E-state index contributed by atoms with van der Waals surface area (Å²) in [5.74, 6) is 0.135. The third kappa shape index (κ3) is 2.83. The summed E-state index contributed by atoms with van der Waals surface area (Å²) in [6.07, 6.45) is 4.13. The Morgan fingerprint density at radius 1 is 1.48 bits per heavy atom. The zero-order chi connectivity index (χ0) is 14.7. The lowest BCUT2D eigenvalue weighted by Crippen LogP contribution is -2.47. The molecule has 2 N–H and O–H groups in total. The van der Waals surface area contributed by atoms with Gasteiger partial charge in [-0.15, -0.1) is 0 Å². The maximum atomic E-state index is 12.8. The van der Waals surface area contributed by atoms with Crippen molar-refractivity contribution in [2.75, 3.05) is 26.8 Å². The molecule has 1 aliphatic heterocycles. The van der Waals surface area contributed by atoms with Crippen LogP contribution in [0.2, 0.25) is 0 Å². The van der Waals surface area contributed by atoms with Crippen molar-refractivity contribution in [1.29, 1.82) is 0 Å². The van der Waals surface area contributed by atoms with Gasteiger partial charge in [0.1, 0.15) is 0 Å². The normalized spacial score (nSPS) is 28.1. The molecule has 0 aromatic heterocycles. The van der Waals surface area contributed by atoms with Crippen molar-refractivity contribution in [2.45, 2.75) is 31.7 Å². The molecule has 2 unspecified atom stereocenters. The van der Waals surface area contributed by atoms with E-state index >= 15 is 0 Å². The highest BCUT2D eigenvalue weighted by Crippen LogP contribution is 2.32. The topological polar surface area (TPSA) is 50.4 Å². The standard InChI is InChI=1S/C17H24N2O2/c1-21-12-17(9-10-18-11-17)16(20)19-15-8-4-6-13-5-2-3-7-14(13)15/h2-3,5,7,15,18H,4,6,8-12H2,1H3,(H,19,20). The first kappa shape index (κ1) is 14.5. The predicted molar refractivity (Wildman–Crippen MR) is 82.1 cm³/mol. The first-order chi connectivity index (χ1) is 10.2. The number of rotatable bonds is 4. The molecular weight excluding hydrogens is 264 g/mol. The number of benzene rings is 1. The second-order valence-electron chi connectivity index (χ2n) is 6.26. The Balaban J connectivity index is 1.76. The Bertz CT molecular complexity index is 509. The molecule has 1 saturated heterocycles. The Morgan fingerprint density at radius 3 is 3.10 bits per heavy atom. The van der Waals surface area contributed by atoms with Crippen LogP contribution in [0.3, 0.4) is 0 Å². The van der Waals surface area contributed by atoms with Crippen molar-refractivity contribution < 1.29 is 9.53 Å². The van der Waals surface area contributed by atoms with Crippen LogP contribution in [0.4, 0.5) is 0 Å². The van der Waals surface area contributed by atoms with Crippen molar-refractivity contribution in [2.24, 2.45) is 5.41 Å². The van der Waals surface area contributed by atoms with Crippen LogP contribution in [0.1, 0.15) is 36.4 Å². The van der Waals surface area contributed by atoms with E-state index in [-0.39, 0.29) is 11.9 Å². The summed E-state index contributed by atoms with van der Waals surface area (Å²) in [5, 5.41) is 6.58. The molecule has 2 aliphatic rings. The number of hydrogen-bond donors (Lipinski definition) is 2. The highest BCUT2D eigenvalue weighted by atomic mass is 16.5. The largest absolute Gasteiger partial charge is 0.384 e. The average molecular weight is 288 g/mol. The minimum atomic E-state index is -0.402. The van der Waals surface area contributed by atoms with E-state index in [1.165, 1.54) is 11.1 Å². The fourth-order valence-electron chi connectivity index (χ4n) is 3.62. The fraction of sp³-hybridized carbons (Fsp3) is 0.588. The Kier molecular flexibility index (Phi) is 4.27. The number of fused-ring (bicyclic) bond motifs is 1. The van der Waals surface area contributed by atoms with E-state index in [1.807, 2.05) is 0 Å². The van der Waals surface area contributed by atoms with Gasteiger partial charge < -0.3 is 15.4 Å².